The molecule has 9 heteroatoms. The highest BCUT2D eigenvalue weighted by atomic mass is 35.5. The molecule has 0 aliphatic heterocycles. The minimum absolute atomic E-state index is 0.223. The molecule has 8 nitrogen and oxygen atoms in total. The van der Waals surface area contributed by atoms with Gasteiger partial charge < -0.3 is 0 Å². The number of carbonyl (C=O) groups is 1. The Balaban J connectivity index is 1.98. The molecule has 34 heavy (non-hydrogen) atoms. The lowest BCUT2D eigenvalue weighted by Gasteiger charge is -2.13. The number of Topliss-reactive ketones (excluding diaryl/α,β-unsaturated/α-hetero) is 1. The first-order chi connectivity index (χ1) is 16.2. The predicted molar refractivity (Wildman–Crippen MR) is 132 cm³/mol. The van der Waals surface area contributed by atoms with E-state index in [1.165, 1.54) is 11.5 Å². The fourth-order valence-corrected chi connectivity index (χ4v) is 4.44. The molecule has 0 amide bonds. The van der Waals surface area contributed by atoms with Crippen LogP contribution in [0.4, 0.5) is 0 Å². The fraction of sp³-hybridized carbons (Fsp3) is 0.200. The van der Waals surface area contributed by atoms with Crippen molar-refractivity contribution in [3.63, 3.8) is 0 Å². The molecule has 1 atom stereocenters. The second-order valence-corrected chi connectivity index (χ2v) is 8.76. The van der Waals surface area contributed by atoms with E-state index in [4.69, 9.17) is 16.6 Å². The van der Waals surface area contributed by atoms with Gasteiger partial charge in [0.2, 0.25) is 5.78 Å². The van der Waals surface area contributed by atoms with E-state index in [9.17, 15) is 14.4 Å². The van der Waals surface area contributed by atoms with Gasteiger partial charge in [0.15, 0.2) is 16.9 Å². The van der Waals surface area contributed by atoms with Gasteiger partial charge in [-0.1, -0.05) is 48.0 Å². The first-order valence-electron chi connectivity index (χ1n) is 10.8. The molecule has 0 unspecified atom stereocenters. The monoisotopic (exact) mass is 475 g/mol. The van der Waals surface area contributed by atoms with Crippen molar-refractivity contribution in [1.82, 2.24) is 23.1 Å². The van der Waals surface area contributed by atoms with Crippen LogP contribution in [0.1, 0.15) is 25.5 Å². The van der Waals surface area contributed by atoms with E-state index >= 15 is 0 Å². The molecule has 0 radical (unpaired) electrons. The topological polar surface area (TPSA) is 83.3 Å². The zero-order valence-electron chi connectivity index (χ0n) is 19.1. The van der Waals surface area contributed by atoms with E-state index < -0.39 is 17.3 Å². The van der Waals surface area contributed by atoms with E-state index in [2.05, 4.69) is 0 Å². The number of hydrogen-bond acceptors (Lipinski definition) is 4. The standard InChI is InChI=1S/C25H22ClN5O3/c1-14-18(26)11-8-12-19(14)31-20(17-9-6-5-7-10-17)13-29-21-22(27-24(29)31)28(4)25(34)30(23(21)33)15(2)16(3)32/h5-13,15H,1-4H3/t15-/m1/s1. The van der Waals surface area contributed by atoms with Crippen LogP contribution in [0.25, 0.3) is 33.9 Å². The molecule has 0 aliphatic rings. The Labute approximate surface area is 199 Å². The van der Waals surface area contributed by atoms with Crippen molar-refractivity contribution < 1.29 is 4.79 Å². The number of aromatic nitrogens is 5. The first-order valence-corrected chi connectivity index (χ1v) is 11.2. The number of fused-ring (bicyclic) bond motifs is 3. The lowest BCUT2D eigenvalue weighted by Crippen LogP contribution is -2.42. The van der Waals surface area contributed by atoms with Crippen molar-refractivity contribution in [2.45, 2.75) is 26.8 Å². The van der Waals surface area contributed by atoms with Crippen LogP contribution in [0.5, 0.6) is 0 Å². The molecule has 2 aromatic carbocycles. The van der Waals surface area contributed by atoms with Crippen LogP contribution < -0.4 is 11.2 Å². The maximum Gasteiger partial charge on any atom is 0.333 e. The molecule has 3 heterocycles. The Morgan fingerprint density at radius 3 is 2.44 bits per heavy atom. The van der Waals surface area contributed by atoms with Gasteiger partial charge >= 0.3 is 5.69 Å². The quantitative estimate of drug-likeness (QED) is 0.394. The van der Waals surface area contributed by atoms with E-state index in [0.29, 0.717) is 10.8 Å². The molecule has 172 valence electrons. The molecule has 0 fully saturated rings. The van der Waals surface area contributed by atoms with Crippen LogP contribution in [0.3, 0.4) is 0 Å². The number of rotatable bonds is 4. The van der Waals surface area contributed by atoms with Crippen LogP contribution in [0, 0.1) is 6.92 Å². The summed E-state index contributed by atoms with van der Waals surface area (Å²) in [7, 11) is 1.55. The van der Waals surface area contributed by atoms with Gasteiger partial charge in [0.1, 0.15) is 0 Å². The first kappa shape index (κ1) is 21.9. The van der Waals surface area contributed by atoms with E-state index in [-0.39, 0.29) is 16.9 Å². The second-order valence-electron chi connectivity index (χ2n) is 8.36. The van der Waals surface area contributed by atoms with Crippen molar-refractivity contribution in [1.29, 1.82) is 0 Å². The molecule has 3 aromatic heterocycles. The summed E-state index contributed by atoms with van der Waals surface area (Å²) < 4.78 is 5.91. The average molecular weight is 476 g/mol. The Morgan fingerprint density at radius 2 is 1.76 bits per heavy atom. The van der Waals surface area contributed by atoms with Gasteiger partial charge in [-0.05, 0) is 38.5 Å². The van der Waals surface area contributed by atoms with Gasteiger partial charge in [0, 0.05) is 23.8 Å². The van der Waals surface area contributed by atoms with Crippen molar-refractivity contribution in [3.8, 4) is 16.9 Å². The van der Waals surface area contributed by atoms with Crippen LogP contribution in [-0.2, 0) is 11.8 Å². The highest BCUT2D eigenvalue weighted by Gasteiger charge is 2.25. The molecule has 5 rings (SSSR count). The van der Waals surface area contributed by atoms with Gasteiger partial charge in [0.25, 0.3) is 5.56 Å². The number of benzene rings is 2. The molecule has 0 spiro atoms. The number of carbonyl (C=O) groups excluding carboxylic acids is 1. The molecule has 0 saturated heterocycles. The highest BCUT2D eigenvalue weighted by molar-refractivity contribution is 6.31. The largest absolute Gasteiger partial charge is 0.333 e. The fourth-order valence-electron chi connectivity index (χ4n) is 4.27. The Kier molecular flexibility index (Phi) is 5.06. The van der Waals surface area contributed by atoms with Crippen LogP contribution in [0.15, 0.2) is 64.3 Å². The Morgan fingerprint density at radius 1 is 1.06 bits per heavy atom. The van der Waals surface area contributed by atoms with Crippen LogP contribution in [-0.4, -0.2) is 28.9 Å². The number of imidazole rings is 2. The number of hydrogen-bond donors (Lipinski definition) is 0. The Hall–Kier alpha value is -3.91. The number of nitrogens with zero attached hydrogens (tertiary/aromatic N) is 5. The summed E-state index contributed by atoms with van der Waals surface area (Å²) in [4.78, 5) is 43.3. The number of halogens is 1. The summed E-state index contributed by atoms with van der Waals surface area (Å²) in [6, 6.07) is 14.5. The maximum absolute atomic E-state index is 13.5. The van der Waals surface area contributed by atoms with E-state index in [0.717, 1.165) is 27.1 Å². The van der Waals surface area contributed by atoms with Gasteiger partial charge in [-0.3, -0.25) is 23.1 Å². The van der Waals surface area contributed by atoms with Gasteiger partial charge in [-0.25, -0.2) is 9.36 Å². The second kappa shape index (κ2) is 7.85. The summed E-state index contributed by atoms with van der Waals surface area (Å²) in [6.07, 6.45) is 1.83. The molecule has 0 bridgehead atoms. The normalized spacial score (nSPS) is 12.5. The highest BCUT2D eigenvalue weighted by Crippen LogP contribution is 2.32. The van der Waals surface area contributed by atoms with Crippen LogP contribution >= 0.6 is 11.6 Å². The van der Waals surface area contributed by atoms with Crippen molar-refractivity contribution in [2.75, 3.05) is 0 Å². The molecular formula is C25H22ClN5O3. The average Bonchev–Trinajstić information content (AvgIpc) is 3.36. The maximum atomic E-state index is 13.5. The minimum atomic E-state index is -0.896. The third-order valence-corrected chi connectivity index (χ3v) is 6.73. The molecular weight excluding hydrogens is 454 g/mol. The van der Waals surface area contributed by atoms with Gasteiger partial charge in [-0.2, -0.15) is 4.98 Å². The lowest BCUT2D eigenvalue weighted by molar-refractivity contribution is -0.119. The zero-order chi connectivity index (χ0) is 24.3. The SMILES string of the molecule is CC(=O)[C@@H](C)n1c(=O)c2c(nc3n(-c4cccc(Cl)c4C)c(-c4ccccc4)cn23)n(C)c1=O. The Bertz CT molecular complexity index is 1720. The van der Waals surface area contributed by atoms with Crippen molar-refractivity contribution >= 4 is 34.3 Å². The predicted octanol–water partition coefficient (Wildman–Crippen LogP) is 3.92. The van der Waals surface area contributed by atoms with Crippen molar-refractivity contribution in [2.24, 2.45) is 7.05 Å². The van der Waals surface area contributed by atoms with Crippen LogP contribution in [0.2, 0.25) is 5.02 Å². The summed E-state index contributed by atoms with van der Waals surface area (Å²) in [6.45, 7) is 4.83. The molecule has 5 aromatic rings. The number of aryl methyl sites for hydroxylation is 1. The smallest absolute Gasteiger partial charge is 0.298 e. The third kappa shape index (κ3) is 3.06. The third-order valence-electron chi connectivity index (χ3n) is 6.32. The minimum Gasteiger partial charge on any atom is -0.298 e. The zero-order valence-corrected chi connectivity index (χ0v) is 19.9. The van der Waals surface area contributed by atoms with E-state index in [1.807, 2.05) is 66.2 Å². The lowest BCUT2D eigenvalue weighted by atomic mass is 10.1. The molecule has 0 saturated carbocycles. The van der Waals surface area contributed by atoms with E-state index in [1.54, 1.807) is 18.4 Å². The van der Waals surface area contributed by atoms with Gasteiger partial charge in [-0.15, -0.1) is 0 Å². The number of ketones is 1. The van der Waals surface area contributed by atoms with Crippen molar-refractivity contribution in [3.05, 3.63) is 86.2 Å². The summed E-state index contributed by atoms with van der Waals surface area (Å²) in [5.41, 5.74) is 2.69. The summed E-state index contributed by atoms with van der Waals surface area (Å²) >= 11 is 6.44. The van der Waals surface area contributed by atoms with Gasteiger partial charge in [0.05, 0.1) is 17.4 Å². The summed E-state index contributed by atoms with van der Waals surface area (Å²) in [5, 5.41) is 0.601. The summed E-state index contributed by atoms with van der Waals surface area (Å²) in [5.74, 6) is 0.177. The molecule has 0 aliphatic carbocycles. The molecule has 0 N–H and O–H groups in total.